The predicted octanol–water partition coefficient (Wildman–Crippen LogP) is 3.87. The van der Waals surface area contributed by atoms with Crippen LogP contribution in [-0.4, -0.2) is 50.6 Å². The van der Waals surface area contributed by atoms with Crippen LogP contribution in [0.15, 0.2) is 42.0 Å². The molecule has 0 aliphatic heterocycles. The molecule has 2 rings (SSSR count). The largest absolute Gasteiger partial charge is 0.435 e. The van der Waals surface area contributed by atoms with E-state index >= 15 is 0 Å². The second kappa shape index (κ2) is 9.93. The predicted molar refractivity (Wildman–Crippen MR) is 121 cm³/mol. The summed E-state index contributed by atoms with van der Waals surface area (Å²) in [4.78, 5) is 23.2. The Morgan fingerprint density at radius 1 is 1.14 bits per heavy atom. The van der Waals surface area contributed by atoms with Gasteiger partial charge in [-0.1, -0.05) is 36.4 Å². The summed E-state index contributed by atoms with van der Waals surface area (Å²) in [6.07, 6.45) is -8.23. The van der Waals surface area contributed by atoms with Gasteiger partial charge in [-0.05, 0) is 25.0 Å². The van der Waals surface area contributed by atoms with Crippen molar-refractivity contribution >= 4 is 33.3 Å². The number of aryl methyl sites for hydroxylation is 1. The number of primary amides is 1. The van der Waals surface area contributed by atoms with E-state index in [1.54, 1.807) is 0 Å². The Labute approximate surface area is 212 Å². The summed E-state index contributed by atoms with van der Waals surface area (Å²) in [5.74, 6) is -4.24. The highest BCUT2D eigenvalue weighted by atomic mass is 35.5. The molecular formula is C22H22ClF7N2O4S. The normalized spacial score (nSPS) is 21.8. The number of nitrogens with one attached hydrogen (secondary N) is 1. The fourth-order valence-electron chi connectivity index (χ4n) is 4.12. The second-order valence-electron chi connectivity index (χ2n) is 8.74. The number of allylic oxidation sites excluding steroid dienone is 3. The number of benzene rings is 1. The van der Waals surface area contributed by atoms with E-state index in [2.05, 4.69) is 5.32 Å². The lowest BCUT2D eigenvalue weighted by Gasteiger charge is -2.37. The molecule has 6 nitrogen and oxygen atoms in total. The van der Waals surface area contributed by atoms with Crippen LogP contribution in [-0.2, 0) is 30.0 Å². The maximum absolute atomic E-state index is 14.5. The van der Waals surface area contributed by atoms with Gasteiger partial charge >= 0.3 is 18.0 Å². The fraction of sp³-hybridized carbons (Fsp3) is 0.455. The lowest BCUT2D eigenvalue weighted by molar-refractivity contribution is -0.348. The van der Waals surface area contributed by atoms with E-state index in [1.165, 1.54) is 13.0 Å². The van der Waals surface area contributed by atoms with Gasteiger partial charge in [0.05, 0.1) is 11.7 Å². The zero-order valence-electron chi connectivity index (χ0n) is 19.5. The molecule has 37 heavy (non-hydrogen) atoms. The van der Waals surface area contributed by atoms with Crippen molar-refractivity contribution in [1.29, 1.82) is 0 Å². The Hall–Kier alpha value is -2.61. The molecule has 1 aliphatic rings. The smallest absolute Gasteiger partial charge is 0.369 e. The van der Waals surface area contributed by atoms with E-state index in [4.69, 9.17) is 17.3 Å². The van der Waals surface area contributed by atoms with E-state index in [9.17, 15) is 48.7 Å². The number of hydrogen-bond donors (Lipinski definition) is 2. The summed E-state index contributed by atoms with van der Waals surface area (Å²) in [5.41, 5.74) is -2.87. The van der Waals surface area contributed by atoms with Gasteiger partial charge in [0.2, 0.25) is 11.8 Å². The lowest BCUT2D eigenvalue weighted by Crippen LogP contribution is -2.50. The summed E-state index contributed by atoms with van der Waals surface area (Å²) in [6, 6.07) is 0.331. The van der Waals surface area contributed by atoms with Gasteiger partial charge in [0.25, 0.3) is 0 Å². The maximum Gasteiger partial charge on any atom is 0.435 e. The molecule has 0 aromatic heterocycles. The molecule has 3 atom stereocenters. The minimum atomic E-state index is -6.34. The van der Waals surface area contributed by atoms with Crippen molar-refractivity contribution in [3.63, 3.8) is 0 Å². The average molecular weight is 579 g/mol. The quantitative estimate of drug-likeness (QED) is 0.378. The number of amides is 2. The highest BCUT2D eigenvalue weighted by Crippen LogP contribution is 2.54. The van der Waals surface area contributed by atoms with Crippen LogP contribution in [0.3, 0.4) is 0 Å². The first-order valence-corrected chi connectivity index (χ1v) is 12.8. The van der Waals surface area contributed by atoms with E-state index in [1.807, 2.05) is 0 Å². The summed E-state index contributed by atoms with van der Waals surface area (Å²) in [6.45, 7) is 2.42. The van der Waals surface area contributed by atoms with Gasteiger partial charge in [0, 0.05) is 23.4 Å². The van der Waals surface area contributed by atoms with E-state index in [-0.39, 0.29) is 22.8 Å². The van der Waals surface area contributed by atoms with Gasteiger partial charge in [0.1, 0.15) is 14.7 Å². The molecule has 1 aliphatic carbocycles. The second-order valence-corrected chi connectivity index (χ2v) is 11.5. The first kappa shape index (κ1) is 30.6. The Kier molecular flexibility index (Phi) is 8.22. The van der Waals surface area contributed by atoms with Gasteiger partial charge in [-0.3, -0.25) is 9.59 Å². The summed E-state index contributed by atoms with van der Waals surface area (Å²) in [7, 11) is -3.49. The zero-order valence-corrected chi connectivity index (χ0v) is 21.0. The first-order valence-electron chi connectivity index (χ1n) is 10.4. The van der Waals surface area contributed by atoms with E-state index in [0.29, 0.717) is 12.1 Å². The molecule has 0 radical (unpaired) electrons. The van der Waals surface area contributed by atoms with Gasteiger partial charge in [-0.2, -0.15) is 26.3 Å². The minimum absolute atomic E-state index is 0.216. The molecule has 0 fully saturated rings. The number of rotatable bonds is 7. The number of nitrogens with two attached hydrogens (primary N) is 1. The molecular weight excluding hydrogens is 557 g/mol. The molecule has 2 amide bonds. The van der Waals surface area contributed by atoms with Crippen molar-refractivity contribution in [2.24, 2.45) is 11.7 Å². The molecule has 1 aromatic carbocycles. The van der Waals surface area contributed by atoms with Crippen LogP contribution in [0.25, 0.3) is 0 Å². The van der Waals surface area contributed by atoms with Crippen molar-refractivity contribution in [3.8, 4) is 0 Å². The molecule has 0 heterocycles. The van der Waals surface area contributed by atoms with Gasteiger partial charge in [-0.15, -0.1) is 11.6 Å². The lowest BCUT2D eigenvalue weighted by atomic mass is 9.74. The third-order valence-electron chi connectivity index (χ3n) is 5.64. The van der Waals surface area contributed by atoms with Crippen LogP contribution >= 0.6 is 11.6 Å². The van der Waals surface area contributed by atoms with Crippen molar-refractivity contribution in [3.05, 3.63) is 58.7 Å². The standard InChI is InChI=1S/C22H22ClF7N2O4S/c1-11-9-13(20(24,21(25,26)27)22(28,29)30)6-7-15(11)19(23)8-4-5-14(16(19)17(31)33)18(34)32-12(2)10-37(3,35)36/h4-9,12,16H,10H2,1-3H3,(H2,31,33)(H,32,34)/t12?,16-,19?/m0/s1. The highest BCUT2D eigenvalue weighted by Gasteiger charge is 2.73. The summed E-state index contributed by atoms with van der Waals surface area (Å²) >= 11 is 6.65. The van der Waals surface area contributed by atoms with Crippen molar-refractivity contribution in [2.75, 3.05) is 12.0 Å². The highest BCUT2D eigenvalue weighted by molar-refractivity contribution is 7.90. The number of hydrogen-bond acceptors (Lipinski definition) is 4. The van der Waals surface area contributed by atoms with Gasteiger partial charge in [0.15, 0.2) is 0 Å². The monoisotopic (exact) mass is 578 g/mol. The third kappa shape index (κ3) is 5.95. The molecule has 0 saturated heterocycles. The minimum Gasteiger partial charge on any atom is -0.369 e. The molecule has 2 unspecified atom stereocenters. The zero-order chi connectivity index (χ0) is 28.8. The fourth-order valence-corrected chi connectivity index (χ4v) is 5.62. The molecule has 3 N–H and O–H groups in total. The third-order valence-corrected chi connectivity index (χ3v) is 7.29. The molecule has 0 saturated carbocycles. The molecule has 0 bridgehead atoms. The number of alkyl halides is 8. The van der Waals surface area contributed by atoms with Crippen LogP contribution in [0, 0.1) is 12.8 Å². The summed E-state index contributed by atoms with van der Waals surface area (Å²) in [5, 5.41) is 2.37. The maximum atomic E-state index is 14.5. The van der Waals surface area contributed by atoms with Crippen LogP contribution in [0.1, 0.15) is 23.6 Å². The van der Waals surface area contributed by atoms with Crippen LogP contribution < -0.4 is 11.1 Å². The average Bonchev–Trinajstić information content (AvgIpc) is 2.69. The number of sulfone groups is 1. The number of carbonyl (C=O) groups is 2. The number of halogens is 8. The van der Waals surface area contributed by atoms with Crippen LogP contribution in [0.4, 0.5) is 30.7 Å². The Morgan fingerprint density at radius 2 is 1.68 bits per heavy atom. The van der Waals surface area contributed by atoms with Gasteiger partial charge < -0.3 is 11.1 Å². The molecule has 1 aromatic rings. The number of carbonyl (C=O) groups excluding carboxylic acids is 2. The SMILES string of the molecule is Cc1cc(C(F)(C(F)(F)F)C(F)(F)F)ccc1C1(Cl)C=CC=C(C(=O)NC(C)CS(C)(=O)=O)[C@H]1C(N)=O. The molecule has 15 heteroatoms. The molecule has 0 spiro atoms. The van der Waals surface area contributed by atoms with Crippen LogP contribution in [0.2, 0.25) is 0 Å². The van der Waals surface area contributed by atoms with Gasteiger partial charge in [-0.25, -0.2) is 12.8 Å². The van der Waals surface area contributed by atoms with Crippen molar-refractivity contribution in [2.45, 2.75) is 42.8 Å². The van der Waals surface area contributed by atoms with Crippen LogP contribution in [0.5, 0.6) is 0 Å². The Morgan fingerprint density at radius 3 is 2.11 bits per heavy atom. The van der Waals surface area contributed by atoms with Crippen molar-refractivity contribution in [1.82, 2.24) is 5.32 Å². The van der Waals surface area contributed by atoms with Crippen molar-refractivity contribution < 1.29 is 48.7 Å². The Balaban J connectivity index is 2.57. The summed E-state index contributed by atoms with van der Waals surface area (Å²) < 4.78 is 117. The topological polar surface area (TPSA) is 106 Å². The Bertz CT molecular complexity index is 1240. The van der Waals surface area contributed by atoms with E-state index < -0.39 is 67.8 Å². The van der Waals surface area contributed by atoms with E-state index in [0.717, 1.165) is 25.3 Å². The first-order chi connectivity index (χ1) is 16.6. The molecule has 206 valence electrons.